The van der Waals surface area contributed by atoms with E-state index < -0.39 is 0 Å². The van der Waals surface area contributed by atoms with E-state index in [9.17, 15) is 0 Å². The minimum atomic E-state index is -0.00154. The van der Waals surface area contributed by atoms with Crippen LogP contribution in [0.25, 0.3) is 11.4 Å². The molecule has 0 saturated carbocycles. The molecule has 0 aliphatic heterocycles. The maximum Gasteiger partial charge on any atom is 0.162 e. The van der Waals surface area contributed by atoms with Gasteiger partial charge in [0.1, 0.15) is 5.82 Å². The quantitative estimate of drug-likeness (QED) is 0.902. The Morgan fingerprint density at radius 1 is 1.05 bits per heavy atom. The van der Waals surface area contributed by atoms with Crippen LogP contribution in [0.15, 0.2) is 24.3 Å². The molecule has 1 heterocycles. The highest BCUT2D eigenvalue weighted by atomic mass is 15.0. The average molecular weight is 283 g/mol. The average Bonchev–Trinajstić information content (AvgIpc) is 2.37. The molecule has 112 valence electrons. The monoisotopic (exact) mass is 283 g/mol. The van der Waals surface area contributed by atoms with Gasteiger partial charge in [-0.2, -0.15) is 0 Å². The summed E-state index contributed by atoms with van der Waals surface area (Å²) in [5, 5.41) is 3.32. The van der Waals surface area contributed by atoms with E-state index >= 15 is 0 Å². The molecule has 3 nitrogen and oxygen atoms in total. The van der Waals surface area contributed by atoms with Gasteiger partial charge in [-0.05, 0) is 31.9 Å². The van der Waals surface area contributed by atoms with Gasteiger partial charge in [0, 0.05) is 23.6 Å². The summed E-state index contributed by atoms with van der Waals surface area (Å²) < 4.78 is 0. The third-order valence-corrected chi connectivity index (χ3v) is 3.56. The lowest BCUT2D eigenvalue weighted by molar-refractivity contribution is 0.568. The Morgan fingerprint density at radius 3 is 2.19 bits per heavy atom. The number of nitrogens with zero attached hydrogens (tertiary/aromatic N) is 2. The van der Waals surface area contributed by atoms with Gasteiger partial charge in [-0.1, -0.05) is 39.0 Å². The Bertz CT molecular complexity index is 619. The molecule has 0 saturated heterocycles. The van der Waals surface area contributed by atoms with E-state index in [1.54, 1.807) is 0 Å². The van der Waals surface area contributed by atoms with E-state index in [4.69, 9.17) is 9.97 Å². The Kier molecular flexibility index (Phi) is 4.31. The molecule has 0 unspecified atom stereocenters. The fourth-order valence-electron chi connectivity index (χ4n) is 2.38. The highest BCUT2D eigenvalue weighted by Crippen LogP contribution is 2.29. The molecule has 2 aromatic rings. The Hall–Kier alpha value is -1.90. The van der Waals surface area contributed by atoms with E-state index in [2.05, 4.69) is 71.1 Å². The number of anilines is 1. The molecular weight excluding hydrogens is 258 g/mol. The van der Waals surface area contributed by atoms with Crippen molar-refractivity contribution in [1.82, 2.24) is 9.97 Å². The maximum atomic E-state index is 4.83. The van der Waals surface area contributed by atoms with E-state index in [-0.39, 0.29) is 5.41 Å². The number of benzene rings is 1. The topological polar surface area (TPSA) is 37.8 Å². The van der Waals surface area contributed by atoms with Gasteiger partial charge < -0.3 is 5.32 Å². The highest BCUT2D eigenvalue weighted by molar-refractivity contribution is 5.66. The molecule has 0 bridgehead atoms. The molecule has 21 heavy (non-hydrogen) atoms. The second kappa shape index (κ2) is 5.84. The van der Waals surface area contributed by atoms with Crippen LogP contribution in [0.2, 0.25) is 0 Å². The van der Waals surface area contributed by atoms with Crippen molar-refractivity contribution in [3.8, 4) is 11.4 Å². The normalized spacial score (nSPS) is 11.5. The van der Waals surface area contributed by atoms with Gasteiger partial charge in [0.2, 0.25) is 0 Å². The molecule has 1 aromatic heterocycles. The van der Waals surface area contributed by atoms with Crippen molar-refractivity contribution >= 4 is 5.82 Å². The molecule has 0 fully saturated rings. The zero-order valence-electron chi connectivity index (χ0n) is 13.9. The zero-order valence-corrected chi connectivity index (χ0v) is 13.9. The smallest absolute Gasteiger partial charge is 0.162 e. The molecule has 0 amide bonds. The van der Waals surface area contributed by atoms with Gasteiger partial charge in [-0.3, -0.25) is 0 Å². The van der Waals surface area contributed by atoms with Crippen LogP contribution < -0.4 is 5.32 Å². The van der Waals surface area contributed by atoms with Crippen LogP contribution in [0.1, 0.15) is 44.5 Å². The van der Waals surface area contributed by atoms with Gasteiger partial charge in [-0.25, -0.2) is 9.97 Å². The summed E-state index contributed by atoms with van der Waals surface area (Å²) in [5.41, 5.74) is 4.62. The molecular formula is C18H25N3. The number of rotatable bonds is 3. The lowest BCUT2D eigenvalue weighted by Crippen LogP contribution is -2.16. The summed E-state index contributed by atoms with van der Waals surface area (Å²) in [6, 6.07) is 8.36. The van der Waals surface area contributed by atoms with Crippen LogP contribution >= 0.6 is 0 Å². The Balaban J connectivity index is 2.65. The van der Waals surface area contributed by atoms with Crippen molar-refractivity contribution in [2.45, 2.75) is 47.0 Å². The molecule has 3 heteroatoms. The van der Waals surface area contributed by atoms with Gasteiger partial charge >= 0.3 is 0 Å². The third kappa shape index (κ3) is 3.41. The van der Waals surface area contributed by atoms with Crippen LogP contribution in [-0.4, -0.2) is 16.5 Å². The first kappa shape index (κ1) is 15.5. The number of hydrogen-bond acceptors (Lipinski definition) is 3. The van der Waals surface area contributed by atoms with E-state index in [0.717, 1.165) is 29.4 Å². The van der Waals surface area contributed by atoms with Crippen LogP contribution in [0.4, 0.5) is 5.82 Å². The molecule has 0 aliphatic rings. The molecule has 0 spiro atoms. The zero-order chi connectivity index (χ0) is 15.6. The predicted octanol–water partition coefficient (Wildman–Crippen LogP) is 4.49. The Morgan fingerprint density at radius 2 is 1.67 bits per heavy atom. The summed E-state index contributed by atoms with van der Waals surface area (Å²) in [5.74, 6) is 1.71. The van der Waals surface area contributed by atoms with Gasteiger partial charge in [0.15, 0.2) is 5.82 Å². The summed E-state index contributed by atoms with van der Waals surface area (Å²) in [4.78, 5) is 9.53. The molecule has 0 aliphatic carbocycles. The van der Waals surface area contributed by atoms with Crippen molar-refractivity contribution in [2.24, 2.45) is 0 Å². The van der Waals surface area contributed by atoms with E-state index in [1.165, 1.54) is 11.1 Å². The maximum absolute atomic E-state index is 4.83. The minimum absolute atomic E-state index is 0.00154. The number of aryl methyl sites for hydroxylation is 2. The van der Waals surface area contributed by atoms with Gasteiger partial charge in [0.05, 0.1) is 5.69 Å². The lowest BCUT2D eigenvalue weighted by atomic mass is 9.91. The largest absolute Gasteiger partial charge is 0.370 e. The predicted molar refractivity (Wildman–Crippen MR) is 89.8 cm³/mol. The first-order valence-electron chi connectivity index (χ1n) is 7.53. The highest BCUT2D eigenvalue weighted by Gasteiger charge is 2.19. The molecule has 2 rings (SSSR count). The molecule has 0 radical (unpaired) electrons. The molecule has 0 atom stereocenters. The van der Waals surface area contributed by atoms with Crippen LogP contribution in [0, 0.1) is 13.8 Å². The van der Waals surface area contributed by atoms with Crippen LogP contribution in [-0.2, 0) is 5.41 Å². The summed E-state index contributed by atoms with van der Waals surface area (Å²) in [6.07, 6.45) is 0. The van der Waals surface area contributed by atoms with E-state index in [1.807, 2.05) is 0 Å². The fourth-order valence-corrected chi connectivity index (χ4v) is 2.38. The number of aromatic nitrogens is 2. The van der Waals surface area contributed by atoms with Crippen molar-refractivity contribution < 1.29 is 0 Å². The van der Waals surface area contributed by atoms with Gasteiger partial charge in [0.25, 0.3) is 0 Å². The van der Waals surface area contributed by atoms with Gasteiger partial charge in [-0.15, -0.1) is 0 Å². The first-order chi connectivity index (χ1) is 9.82. The second-order valence-corrected chi connectivity index (χ2v) is 6.51. The van der Waals surface area contributed by atoms with Crippen molar-refractivity contribution in [1.29, 1.82) is 0 Å². The van der Waals surface area contributed by atoms with Crippen LogP contribution in [0.3, 0.4) is 0 Å². The van der Waals surface area contributed by atoms with Crippen molar-refractivity contribution in [2.75, 3.05) is 11.9 Å². The van der Waals surface area contributed by atoms with Crippen molar-refractivity contribution in [3.05, 3.63) is 41.1 Å². The third-order valence-electron chi connectivity index (χ3n) is 3.56. The SMILES string of the molecule is CCNc1cc(C(C)(C)C)nc(-c2c(C)cccc2C)n1. The van der Waals surface area contributed by atoms with Crippen LogP contribution in [0.5, 0.6) is 0 Å². The van der Waals surface area contributed by atoms with E-state index in [0.29, 0.717) is 0 Å². The van der Waals surface area contributed by atoms with Crippen molar-refractivity contribution in [3.63, 3.8) is 0 Å². The second-order valence-electron chi connectivity index (χ2n) is 6.51. The minimum Gasteiger partial charge on any atom is -0.370 e. The lowest BCUT2D eigenvalue weighted by Gasteiger charge is -2.20. The fraction of sp³-hybridized carbons (Fsp3) is 0.444. The summed E-state index contributed by atoms with van der Waals surface area (Å²) in [6.45, 7) is 13.7. The summed E-state index contributed by atoms with van der Waals surface area (Å²) >= 11 is 0. The summed E-state index contributed by atoms with van der Waals surface area (Å²) in [7, 11) is 0. The number of hydrogen-bond donors (Lipinski definition) is 1. The Labute approximate surface area is 127 Å². The first-order valence-corrected chi connectivity index (χ1v) is 7.53. The molecule has 1 N–H and O–H groups in total. The molecule has 1 aromatic carbocycles. The standard InChI is InChI=1S/C18H25N3/c1-7-19-15-11-14(18(4,5)6)20-17(21-15)16-12(2)9-8-10-13(16)3/h8-11H,7H2,1-6H3,(H,19,20,21). The number of nitrogens with one attached hydrogen (secondary N) is 1.